The van der Waals surface area contributed by atoms with Gasteiger partial charge < -0.3 is 14.2 Å². The number of hydrogen-bond donors (Lipinski definition) is 0. The molecule has 2 aromatic rings. The van der Waals surface area contributed by atoms with Gasteiger partial charge in [-0.05, 0) is 39.0 Å². The molecule has 0 bridgehead atoms. The average Bonchev–Trinajstić information content (AvgIpc) is 3.34. The minimum absolute atomic E-state index is 0.132. The molecule has 4 rings (SSSR count). The highest BCUT2D eigenvalue weighted by molar-refractivity contribution is 8.29. The van der Waals surface area contributed by atoms with Gasteiger partial charge in [0.2, 0.25) is 0 Å². The molecule has 10 heteroatoms. The number of rotatable bonds is 5. The summed E-state index contributed by atoms with van der Waals surface area (Å²) in [5.74, 6) is -0.974. The molecule has 2 aromatic carbocycles. The zero-order valence-corrected chi connectivity index (χ0v) is 23.4. The minimum Gasteiger partial charge on any atom is -0.492 e. The molecule has 2 aliphatic rings. The number of para-hydroxylation sites is 1. The Balaban J connectivity index is 1.97. The van der Waals surface area contributed by atoms with Crippen LogP contribution >= 0.6 is 35.7 Å². The Morgan fingerprint density at radius 1 is 0.919 bits per heavy atom. The Morgan fingerprint density at radius 3 is 2.05 bits per heavy atom. The van der Waals surface area contributed by atoms with Gasteiger partial charge in [0.05, 0.1) is 41.2 Å². The number of carbonyl (C=O) groups excluding carboxylic acids is 3. The molecule has 1 amide bonds. The van der Waals surface area contributed by atoms with Crippen molar-refractivity contribution in [3.63, 3.8) is 0 Å². The minimum atomic E-state index is -0.953. The monoisotopic (exact) mass is 555 g/mol. The molecule has 0 radical (unpaired) electrons. The molecular weight excluding hydrogens is 530 g/mol. The van der Waals surface area contributed by atoms with E-state index in [0.29, 0.717) is 43.8 Å². The van der Waals surface area contributed by atoms with Crippen LogP contribution in [-0.2, 0) is 19.1 Å². The van der Waals surface area contributed by atoms with Crippen LogP contribution in [0.4, 0.5) is 5.69 Å². The van der Waals surface area contributed by atoms with Crippen LogP contribution in [0.15, 0.2) is 62.6 Å². The first-order valence-electron chi connectivity index (χ1n) is 11.4. The van der Waals surface area contributed by atoms with Gasteiger partial charge in [0, 0.05) is 16.7 Å². The molecule has 0 spiro atoms. The lowest BCUT2D eigenvalue weighted by Crippen LogP contribution is -2.56. The van der Waals surface area contributed by atoms with Gasteiger partial charge in [-0.25, -0.2) is 9.59 Å². The van der Waals surface area contributed by atoms with Crippen molar-refractivity contribution < 1.29 is 28.6 Å². The van der Waals surface area contributed by atoms with Gasteiger partial charge in [0.1, 0.15) is 15.6 Å². The zero-order chi connectivity index (χ0) is 26.9. The van der Waals surface area contributed by atoms with E-state index in [1.165, 1.54) is 14.2 Å². The molecule has 0 atom stereocenters. The maximum atomic E-state index is 13.9. The van der Waals surface area contributed by atoms with Crippen LogP contribution in [0.5, 0.6) is 5.75 Å². The highest BCUT2D eigenvalue weighted by Crippen LogP contribution is 2.57. The van der Waals surface area contributed by atoms with E-state index in [2.05, 4.69) is 0 Å². The van der Waals surface area contributed by atoms with E-state index < -0.39 is 17.5 Å². The van der Waals surface area contributed by atoms with Gasteiger partial charge in [0.15, 0.2) is 0 Å². The Hall–Kier alpha value is -3.08. The van der Waals surface area contributed by atoms with Gasteiger partial charge in [-0.1, -0.05) is 66.1 Å². The second-order valence-corrected chi connectivity index (χ2v) is 11.2. The van der Waals surface area contributed by atoms with Gasteiger partial charge in [-0.15, -0.1) is 0 Å². The van der Waals surface area contributed by atoms with Crippen LogP contribution < -0.4 is 9.64 Å². The summed E-state index contributed by atoms with van der Waals surface area (Å²) in [5.41, 5.74) is 1.46. The Kier molecular flexibility index (Phi) is 7.82. The van der Waals surface area contributed by atoms with Crippen molar-refractivity contribution in [2.24, 2.45) is 0 Å². The van der Waals surface area contributed by atoms with Crippen molar-refractivity contribution in [3.8, 4) is 5.75 Å². The molecule has 7 nitrogen and oxygen atoms in total. The highest BCUT2D eigenvalue weighted by Gasteiger charge is 2.47. The van der Waals surface area contributed by atoms with E-state index in [4.69, 9.17) is 26.4 Å². The van der Waals surface area contributed by atoms with Crippen LogP contribution in [0.3, 0.4) is 0 Å². The molecule has 0 aliphatic carbocycles. The van der Waals surface area contributed by atoms with Crippen LogP contribution in [0.2, 0.25) is 0 Å². The molecule has 0 fully saturated rings. The van der Waals surface area contributed by atoms with Crippen LogP contribution in [0, 0.1) is 0 Å². The highest BCUT2D eigenvalue weighted by atomic mass is 32.2. The lowest BCUT2D eigenvalue weighted by atomic mass is 9.82. The lowest BCUT2D eigenvalue weighted by Gasteiger charge is -2.45. The summed E-state index contributed by atoms with van der Waals surface area (Å²) in [6.45, 7) is 6.02. The summed E-state index contributed by atoms with van der Waals surface area (Å²) in [7, 11) is 2.51. The van der Waals surface area contributed by atoms with Gasteiger partial charge in [-0.3, -0.25) is 9.69 Å². The first kappa shape index (κ1) is 27.0. The van der Waals surface area contributed by atoms with E-state index in [1.54, 1.807) is 17.0 Å². The van der Waals surface area contributed by atoms with Gasteiger partial charge >= 0.3 is 11.9 Å². The van der Waals surface area contributed by atoms with E-state index in [9.17, 15) is 14.4 Å². The number of carbonyl (C=O) groups is 3. The molecule has 192 valence electrons. The van der Waals surface area contributed by atoms with Gasteiger partial charge in [-0.2, -0.15) is 0 Å². The molecule has 0 N–H and O–H groups in total. The Labute approximate surface area is 229 Å². The molecule has 2 aliphatic heterocycles. The summed E-state index contributed by atoms with van der Waals surface area (Å²) < 4.78 is 16.4. The second kappa shape index (κ2) is 10.7. The number of ether oxygens (including phenoxy) is 3. The number of methoxy groups -OCH3 is 2. The van der Waals surface area contributed by atoms with Crippen molar-refractivity contribution >= 4 is 69.7 Å². The van der Waals surface area contributed by atoms with Crippen molar-refractivity contribution in [1.82, 2.24) is 0 Å². The average molecular weight is 556 g/mol. The van der Waals surface area contributed by atoms with Crippen molar-refractivity contribution in [2.45, 2.75) is 26.3 Å². The van der Waals surface area contributed by atoms with E-state index in [0.717, 1.165) is 23.5 Å². The maximum absolute atomic E-state index is 13.9. The standard InChI is InChI=1S/C27H25NO6S3/c1-6-34-17-14-10-13-16-18(26-36-20(24(30)32-4)21(37-26)25(31)33-5)22(35)27(2,3)28(19(16)17)23(29)15-11-8-7-9-12-15/h7-14H,6H2,1-5H3. The topological polar surface area (TPSA) is 82.1 Å². The number of esters is 2. The molecule has 0 aromatic heterocycles. The summed E-state index contributed by atoms with van der Waals surface area (Å²) in [6.07, 6.45) is 0. The second-order valence-electron chi connectivity index (χ2n) is 8.49. The molecular formula is C27H25NO6S3. The zero-order valence-electron chi connectivity index (χ0n) is 20.9. The first-order valence-corrected chi connectivity index (χ1v) is 13.4. The predicted molar refractivity (Wildman–Crippen MR) is 151 cm³/mol. The summed E-state index contributed by atoms with van der Waals surface area (Å²) in [4.78, 5) is 41.4. The fourth-order valence-corrected chi connectivity index (χ4v) is 7.19. The fourth-order valence-electron chi connectivity index (χ4n) is 4.16. The number of anilines is 1. The Bertz CT molecular complexity index is 1330. The third-order valence-electron chi connectivity index (χ3n) is 5.90. The smallest absolute Gasteiger partial charge is 0.346 e. The fraction of sp³-hybridized carbons (Fsp3) is 0.259. The third-order valence-corrected chi connectivity index (χ3v) is 9.16. The predicted octanol–water partition coefficient (Wildman–Crippen LogP) is 5.60. The molecule has 0 saturated carbocycles. The van der Waals surface area contributed by atoms with Crippen molar-refractivity contribution in [3.05, 3.63) is 73.7 Å². The maximum Gasteiger partial charge on any atom is 0.346 e. The van der Waals surface area contributed by atoms with Crippen LogP contribution in [0.25, 0.3) is 5.57 Å². The number of hydrogen-bond acceptors (Lipinski definition) is 9. The summed E-state index contributed by atoms with van der Waals surface area (Å²) >= 11 is 8.25. The quantitative estimate of drug-likeness (QED) is 0.266. The number of nitrogens with zero attached hydrogens (tertiary/aromatic N) is 1. The molecule has 0 unspecified atom stereocenters. The first-order chi connectivity index (χ1) is 17.7. The van der Waals surface area contributed by atoms with Crippen LogP contribution in [0.1, 0.15) is 36.7 Å². The number of fused-ring (bicyclic) bond motifs is 1. The SMILES string of the molecule is CCOc1cccc2c1N(C(=O)c1ccccc1)C(C)(C)C(=S)C2=C1SC(C(=O)OC)=C(C(=O)OC)S1. The molecule has 2 heterocycles. The number of thioether (sulfide) groups is 2. The van der Waals surface area contributed by atoms with Crippen molar-refractivity contribution in [2.75, 3.05) is 25.7 Å². The number of thiocarbonyl (C=S) groups is 1. The normalized spacial score (nSPS) is 16.5. The van der Waals surface area contributed by atoms with Crippen LogP contribution in [-0.4, -0.2) is 49.1 Å². The van der Waals surface area contributed by atoms with E-state index in [1.807, 2.05) is 57.2 Å². The van der Waals surface area contributed by atoms with Crippen molar-refractivity contribution in [1.29, 1.82) is 0 Å². The number of amides is 1. The molecule has 37 heavy (non-hydrogen) atoms. The van der Waals surface area contributed by atoms with E-state index >= 15 is 0 Å². The molecule has 0 saturated heterocycles. The Morgan fingerprint density at radius 2 is 1.51 bits per heavy atom. The summed E-state index contributed by atoms with van der Waals surface area (Å²) in [6, 6.07) is 14.5. The van der Waals surface area contributed by atoms with Gasteiger partial charge in [0.25, 0.3) is 5.91 Å². The third kappa shape index (κ3) is 4.69. The number of benzene rings is 2. The largest absolute Gasteiger partial charge is 0.492 e. The summed E-state index contributed by atoms with van der Waals surface area (Å²) in [5, 5.41) is 0. The lowest BCUT2D eigenvalue weighted by molar-refractivity contribution is -0.138. The van der Waals surface area contributed by atoms with E-state index in [-0.39, 0.29) is 15.7 Å².